The third-order valence-electron chi connectivity index (χ3n) is 5.79. The predicted octanol–water partition coefficient (Wildman–Crippen LogP) is 4.21. The van der Waals surface area contributed by atoms with E-state index in [0.717, 1.165) is 33.3 Å². The second kappa shape index (κ2) is 9.78. The fourth-order valence-electron chi connectivity index (χ4n) is 3.95. The fourth-order valence-corrected chi connectivity index (χ4v) is 3.95. The molecule has 0 saturated carbocycles. The lowest BCUT2D eigenvalue weighted by Crippen LogP contribution is -2.33. The van der Waals surface area contributed by atoms with Gasteiger partial charge in [0.15, 0.2) is 5.82 Å². The van der Waals surface area contributed by atoms with Crippen LogP contribution in [0.2, 0.25) is 0 Å². The van der Waals surface area contributed by atoms with Gasteiger partial charge in [-0.25, -0.2) is 9.97 Å². The Balaban J connectivity index is 1.36. The van der Waals surface area contributed by atoms with Gasteiger partial charge in [0.05, 0.1) is 12.8 Å². The number of nitrogens with one attached hydrogen (secondary N) is 3. The number of benzene rings is 2. The molecule has 0 bridgehead atoms. The lowest BCUT2D eigenvalue weighted by molar-refractivity contribution is 0.0727. The van der Waals surface area contributed by atoms with Crippen LogP contribution in [-0.4, -0.2) is 60.8 Å². The molecule has 9 nitrogen and oxygen atoms in total. The number of rotatable bonds is 8. The number of likely N-dealkylation sites (N-methyl/N-ethyl adjacent to an activating group) is 1. The van der Waals surface area contributed by atoms with Gasteiger partial charge < -0.3 is 20.3 Å². The molecule has 3 heterocycles. The summed E-state index contributed by atoms with van der Waals surface area (Å²) in [6.45, 7) is 2.65. The second-order valence-corrected chi connectivity index (χ2v) is 8.05. The number of aromatic amines is 2. The van der Waals surface area contributed by atoms with Crippen LogP contribution in [0.5, 0.6) is 0 Å². The molecule has 5 rings (SSSR count). The van der Waals surface area contributed by atoms with E-state index in [0.29, 0.717) is 30.4 Å². The molecular formula is C26H25N7O2. The van der Waals surface area contributed by atoms with E-state index >= 15 is 0 Å². The molecule has 0 atom stereocenters. The number of amides is 1. The smallest absolute Gasteiger partial charge is 0.270 e. The van der Waals surface area contributed by atoms with E-state index in [1.807, 2.05) is 67.7 Å². The average Bonchev–Trinajstić information content (AvgIpc) is 3.57. The minimum Gasteiger partial charge on any atom is -0.395 e. The standard InChI is InChI=1S/C26H25N7O2/c1-2-33(11-12-34)26(35)23-13-18-3-4-19(14-22(18)31-23)25-27-10-9-24(32-25)30-21-7-5-17(6-8-21)20-15-28-29-16-20/h3-10,13-16,31,34H,2,11-12H2,1H3,(H,28,29)(H,27,30,32). The van der Waals surface area contributed by atoms with Gasteiger partial charge in [-0.1, -0.05) is 24.3 Å². The maximum Gasteiger partial charge on any atom is 0.270 e. The van der Waals surface area contributed by atoms with Gasteiger partial charge >= 0.3 is 0 Å². The van der Waals surface area contributed by atoms with Crippen molar-refractivity contribution in [2.45, 2.75) is 6.92 Å². The van der Waals surface area contributed by atoms with Gasteiger partial charge in [0.1, 0.15) is 11.5 Å². The van der Waals surface area contributed by atoms with E-state index in [1.54, 1.807) is 17.3 Å². The highest BCUT2D eigenvalue weighted by Crippen LogP contribution is 2.25. The van der Waals surface area contributed by atoms with Crippen LogP contribution < -0.4 is 5.32 Å². The SMILES string of the molecule is CCN(CCO)C(=O)c1cc2ccc(-c3nccc(Nc4ccc(-c5cn[nH]c5)cc4)n3)cc2[nH]1. The molecule has 9 heteroatoms. The number of aliphatic hydroxyl groups excluding tert-OH is 1. The summed E-state index contributed by atoms with van der Waals surface area (Å²) in [7, 11) is 0. The molecule has 0 aliphatic heterocycles. The van der Waals surface area contributed by atoms with Crippen LogP contribution in [0.3, 0.4) is 0 Å². The predicted molar refractivity (Wildman–Crippen MR) is 135 cm³/mol. The molecular weight excluding hydrogens is 442 g/mol. The molecule has 5 aromatic rings. The highest BCUT2D eigenvalue weighted by Gasteiger charge is 2.16. The maximum atomic E-state index is 12.7. The van der Waals surface area contributed by atoms with Crippen molar-refractivity contribution in [3.05, 3.63) is 78.9 Å². The molecule has 2 aromatic carbocycles. The van der Waals surface area contributed by atoms with Gasteiger partial charge in [-0.3, -0.25) is 9.89 Å². The first-order valence-corrected chi connectivity index (χ1v) is 11.4. The topological polar surface area (TPSA) is 123 Å². The highest BCUT2D eigenvalue weighted by atomic mass is 16.3. The number of carbonyl (C=O) groups is 1. The van der Waals surface area contributed by atoms with E-state index in [2.05, 4.69) is 30.5 Å². The van der Waals surface area contributed by atoms with Crippen LogP contribution in [-0.2, 0) is 0 Å². The van der Waals surface area contributed by atoms with Crippen LogP contribution in [0.1, 0.15) is 17.4 Å². The molecule has 1 amide bonds. The van der Waals surface area contributed by atoms with Crippen LogP contribution in [0, 0.1) is 0 Å². The first-order chi connectivity index (χ1) is 17.1. The van der Waals surface area contributed by atoms with Crippen LogP contribution >= 0.6 is 0 Å². The molecule has 176 valence electrons. The zero-order valence-electron chi connectivity index (χ0n) is 19.2. The van der Waals surface area contributed by atoms with Crippen LogP contribution in [0.25, 0.3) is 33.4 Å². The van der Waals surface area contributed by atoms with Gasteiger partial charge in [0.2, 0.25) is 0 Å². The molecule has 0 fully saturated rings. The summed E-state index contributed by atoms with van der Waals surface area (Å²) in [5.74, 6) is 1.11. The Bertz CT molecular complexity index is 1440. The Kier molecular flexibility index (Phi) is 6.23. The number of hydrogen-bond acceptors (Lipinski definition) is 6. The third kappa shape index (κ3) is 4.75. The Morgan fingerprint density at radius 1 is 1.06 bits per heavy atom. The van der Waals surface area contributed by atoms with Crippen molar-refractivity contribution in [3.63, 3.8) is 0 Å². The van der Waals surface area contributed by atoms with Gasteiger partial charge in [-0.15, -0.1) is 0 Å². The van der Waals surface area contributed by atoms with Crippen molar-refractivity contribution < 1.29 is 9.90 Å². The Morgan fingerprint density at radius 3 is 2.63 bits per heavy atom. The molecule has 3 aromatic heterocycles. The number of anilines is 2. The number of nitrogens with zero attached hydrogens (tertiary/aromatic N) is 4. The Morgan fingerprint density at radius 2 is 1.89 bits per heavy atom. The van der Waals surface area contributed by atoms with Crippen molar-refractivity contribution in [3.8, 4) is 22.5 Å². The third-order valence-corrected chi connectivity index (χ3v) is 5.79. The van der Waals surface area contributed by atoms with E-state index in [-0.39, 0.29) is 12.5 Å². The zero-order valence-corrected chi connectivity index (χ0v) is 19.2. The maximum absolute atomic E-state index is 12.7. The lowest BCUT2D eigenvalue weighted by Gasteiger charge is -2.18. The number of fused-ring (bicyclic) bond motifs is 1. The van der Waals surface area contributed by atoms with Crippen molar-refractivity contribution in [1.29, 1.82) is 0 Å². The van der Waals surface area contributed by atoms with Crippen molar-refractivity contribution in [1.82, 2.24) is 30.0 Å². The minimum absolute atomic E-state index is 0.0692. The number of carbonyl (C=O) groups excluding carboxylic acids is 1. The molecule has 0 spiro atoms. The number of aromatic nitrogens is 5. The monoisotopic (exact) mass is 467 g/mol. The van der Waals surface area contributed by atoms with Crippen molar-refractivity contribution in [2.75, 3.05) is 25.0 Å². The molecule has 35 heavy (non-hydrogen) atoms. The fraction of sp³-hybridized carbons (Fsp3) is 0.154. The first-order valence-electron chi connectivity index (χ1n) is 11.4. The number of H-pyrrole nitrogens is 2. The van der Waals surface area contributed by atoms with Crippen molar-refractivity contribution in [2.24, 2.45) is 0 Å². The van der Waals surface area contributed by atoms with E-state index < -0.39 is 0 Å². The zero-order chi connectivity index (χ0) is 24.2. The average molecular weight is 468 g/mol. The van der Waals surface area contributed by atoms with Gasteiger partial charge in [0, 0.05) is 53.2 Å². The van der Waals surface area contributed by atoms with Crippen LogP contribution in [0.4, 0.5) is 11.5 Å². The van der Waals surface area contributed by atoms with E-state index in [9.17, 15) is 9.90 Å². The largest absolute Gasteiger partial charge is 0.395 e. The molecule has 0 saturated heterocycles. The lowest BCUT2D eigenvalue weighted by atomic mass is 10.1. The van der Waals surface area contributed by atoms with E-state index in [1.165, 1.54) is 0 Å². The number of hydrogen-bond donors (Lipinski definition) is 4. The van der Waals surface area contributed by atoms with Crippen molar-refractivity contribution >= 4 is 28.3 Å². The summed E-state index contributed by atoms with van der Waals surface area (Å²) in [5, 5.41) is 20.3. The molecule has 0 aliphatic carbocycles. The summed E-state index contributed by atoms with van der Waals surface area (Å²) in [5.41, 5.74) is 5.16. The van der Waals surface area contributed by atoms with Gasteiger partial charge in [-0.05, 0) is 42.8 Å². The summed E-state index contributed by atoms with van der Waals surface area (Å²) in [6.07, 6.45) is 5.36. The molecule has 0 radical (unpaired) electrons. The number of aliphatic hydroxyl groups is 1. The minimum atomic E-state index is -0.138. The quantitative estimate of drug-likeness (QED) is 0.271. The van der Waals surface area contributed by atoms with Gasteiger partial charge in [-0.2, -0.15) is 5.10 Å². The highest BCUT2D eigenvalue weighted by molar-refractivity contribution is 5.98. The molecule has 4 N–H and O–H groups in total. The molecule has 0 unspecified atom stereocenters. The van der Waals surface area contributed by atoms with E-state index in [4.69, 9.17) is 0 Å². The Labute approximate surface area is 201 Å². The summed E-state index contributed by atoms with van der Waals surface area (Å²) < 4.78 is 0. The molecule has 0 aliphatic rings. The van der Waals surface area contributed by atoms with Crippen LogP contribution in [0.15, 0.2) is 73.2 Å². The van der Waals surface area contributed by atoms with Gasteiger partial charge in [0.25, 0.3) is 5.91 Å². The Hall–Kier alpha value is -4.50. The normalized spacial score (nSPS) is 11.0. The second-order valence-electron chi connectivity index (χ2n) is 8.05. The first kappa shape index (κ1) is 22.3. The summed E-state index contributed by atoms with van der Waals surface area (Å²) in [6, 6.07) is 17.5. The summed E-state index contributed by atoms with van der Waals surface area (Å²) >= 11 is 0. The summed E-state index contributed by atoms with van der Waals surface area (Å²) in [4.78, 5) is 26.7.